The molecular weight excluding hydrogens is 996 g/mol. The number of aromatic nitrogens is 2. The molecule has 4 fully saturated rings. The van der Waals surface area contributed by atoms with Crippen LogP contribution in [-0.2, 0) is 22.2 Å². The van der Waals surface area contributed by atoms with Crippen molar-refractivity contribution in [1.82, 2.24) is 30.2 Å². The molecule has 5 aromatic rings. The van der Waals surface area contributed by atoms with Crippen molar-refractivity contribution >= 4 is 52.1 Å². The van der Waals surface area contributed by atoms with Crippen molar-refractivity contribution in [2.45, 2.75) is 94.7 Å². The van der Waals surface area contributed by atoms with Gasteiger partial charge >= 0.3 is 6.03 Å². The van der Waals surface area contributed by atoms with Crippen molar-refractivity contribution in [2.24, 2.45) is 24.6 Å². The number of aryl methyl sites for hydroxylation is 1. The number of imide groups is 1. The molecule has 3 saturated heterocycles. The van der Waals surface area contributed by atoms with Crippen LogP contribution in [0.5, 0.6) is 11.5 Å². The first-order chi connectivity index (χ1) is 36.0. The number of likely N-dealkylation sites (tertiary alicyclic amines) is 2. The van der Waals surface area contributed by atoms with E-state index in [1.165, 1.54) is 33.8 Å². The molecule has 5 aliphatic rings. The smallest absolute Gasteiger partial charge is 0.329 e. The van der Waals surface area contributed by atoms with Crippen LogP contribution in [0.4, 0.5) is 28.2 Å². The topological polar surface area (TPSA) is 185 Å². The average Bonchev–Trinajstić information content (AvgIpc) is 3.97. The largest absolute Gasteiger partial charge is 0.488 e. The first-order valence-corrected chi connectivity index (χ1v) is 26.2. The molecule has 4 aromatic carbocycles. The van der Waals surface area contributed by atoms with E-state index in [4.69, 9.17) is 26.8 Å². The van der Waals surface area contributed by atoms with E-state index < -0.39 is 64.3 Å². The number of carbonyl (C=O) groups is 4. The van der Waals surface area contributed by atoms with E-state index in [0.717, 1.165) is 31.2 Å². The van der Waals surface area contributed by atoms with Crippen molar-refractivity contribution in [3.05, 3.63) is 105 Å². The van der Waals surface area contributed by atoms with Crippen LogP contribution >= 0.6 is 11.6 Å². The molecule has 20 heteroatoms. The molecule has 4 atom stereocenters. The van der Waals surface area contributed by atoms with Crippen LogP contribution in [-0.4, -0.2) is 113 Å². The van der Waals surface area contributed by atoms with E-state index in [2.05, 4.69) is 20.6 Å². The van der Waals surface area contributed by atoms with Crippen molar-refractivity contribution < 1.29 is 51.3 Å². The fourth-order valence-electron chi connectivity index (χ4n) is 12.6. The summed E-state index contributed by atoms with van der Waals surface area (Å²) in [6.07, 6.45) is 4.98. The standard InChI is InChI=1S/C55H61ClF4N8O7/c1-29-27-67(21-17-35(29)44-38(57)25-37-50(49(44)60)65(3)64-52(37)68-22-18-42(70)63-54(68)73)34-15-19-66(20-16-34)53(72)31-9-11-33(12-10-31)62-28-55(32-7-5-4-6-8-32)30(2)43-41(75-55)26-39(58)47(56)46(43)45-36(51(61)71)13-14-40(48(45)59)74-24-23-69/h4-8,13-14,25-26,29-31,33-35,62,69H,9-12,15-24,27-28H2,1-3H3,(H2,61,71)(H,63,70,73). The van der Waals surface area contributed by atoms with Crippen LogP contribution in [0, 0.1) is 35.1 Å². The van der Waals surface area contributed by atoms with Gasteiger partial charge in [0, 0.05) is 98.4 Å². The molecule has 5 heterocycles. The minimum Gasteiger partial charge on any atom is -0.488 e. The van der Waals surface area contributed by atoms with Gasteiger partial charge in [0.25, 0.3) is 0 Å². The van der Waals surface area contributed by atoms with E-state index in [-0.39, 0.29) is 112 Å². The molecule has 75 heavy (non-hydrogen) atoms. The zero-order valence-corrected chi connectivity index (χ0v) is 42.8. The molecule has 15 nitrogen and oxygen atoms in total. The second-order valence-electron chi connectivity index (χ2n) is 20.8. The van der Waals surface area contributed by atoms with Gasteiger partial charge in [-0.15, -0.1) is 0 Å². The van der Waals surface area contributed by atoms with E-state index in [1.807, 2.05) is 49.1 Å². The summed E-state index contributed by atoms with van der Waals surface area (Å²) in [4.78, 5) is 56.8. The van der Waals surface area contributed by atoms with Crippen LogP contribution in [0.2, 0.25) is 5.02 Å². The van der Waals surface area contributed by atoms with Gasteiger partial charge in [-0.25, -0.2) is 22.4 Å². The summed E-state index contributed by atoms with van der Waals surface area (Å²) in [6.45, 7) is 6.13. The summed E-state index contributed by atoms with van der Waals surface area (Å²) in [6, 6.07) is 14.0. The lowest BCUT2D eigenvalue weighted by Crippen LogP contribution is -2.52. The van der Waals surface area contributed by atoms with Crippen LogP contribution in [0.3, 0.4) is 0 Å². The molecule has 10 rings (SSSR count). The summed E-state index contributed by atoms with van der Waals surface area (Å²) < 4.78 is 78.5. The predicted octanol–water partition coefficient (Wildman–Crippen LogP) is 8.02. The van der Waals surface area contributed by atoms with Gasteiger partial charge in [0.05, 0.1) is 22.6 Å². The third kappa shape index (κ3) is 9.47. The third-order valence-electron chi connectivity index (χ3n) is 16.6. The predicted molar refractivity (Wildman–Crippen MR) is 273 cm³/mol. The van der Waals surface area contributed by atoms with Gasteiger partial charge in [0.15, 0.2) is 28.8 Å². The summed E-state index contributed by atoms with van der Waals surface area (Å²) >= 11 is 6.72. The number of urea groups is 1. The monoisotopic (exact) mass is 1060 g/mol. The number of nitrogens with two attached hydrogens (primary N) is 1. The molecule has 0 spiro atoms. The number of nitrogens with one attached hydrogen (secondary N) is 2. The number of halogens is 5. The number of aliphatic hydroxyl groups is 1. The summed E-state index contributed by atoms with van der Waals surface area (Å²) in [5.74, 6) is -5.69. The van der Waals surface area contributed by atoms with Crippen molar-refractivity contribution in [2.75, 3.05) is 57.4 Å². The van der Waals surface area contributed by atoms with E-state index in [0.29, 0.717) is 51.0 Å². The lowest BCUT2D eigenvalue weighted by atomic mass is 9.77. The Kier molecular flexibility index (Phi) is 14.6. The number of anilines is 1. The molecule has 1 aliphatic carbocycles. The molecule has 1 saturated carbocycles. The quantitative estimate of drug-likeness (QED) is 0.0843. The Bertz CT molecular complexity index is 3060. The average molecular weight is 1060 g/mol. The summed E-state index contributed by atoms with van der Waals surface area (Å²) in [5, 5.41) is 19.5. The highest BCUT2D eigenvalue weighted by Crippen LogP contribution is 2.57. The van der Waals surface area contributed by atoms with Crippen LogP contribution in [0.25, 0.3) is 22.0 Å². The molecule has 398 valence electrons. The van der Waals surface area contributed by atoms with Gasteiger partial charge in [-0.1, -0.05) is 55.8 Å². The fraction of sp³-hybridized carbons (Fsp3) is 0.473. The molecule has 0 radical (unpaired) electrons. The van der Waals surface area contributed by atoms with Crippen molar-refractivity contribution in [1.29, 1.82) is 0 Å². The maximum Gasteiger partial charge on any atom is 0.329 e. The fourth-order valence-corrected chi connectivity index (χ4v) is 12.9. The molecule has 1 aromatic heterocycles. The first kappa shape index (κ1) is 52.2. The lowest BCUT2D eigenvalue weighted by Gasteiger charge is -2.45. The summed E-state index contributed by atoms with van der Waals surface area (Å²) in [5.41, 5.74) is 5.27. The highest BCUT2D eigenvalue weighted by molar-refractivity contribution is 6.34. The maximum atomic E-state index is 16.5. The molecular formula is C55H61ClF4N8O7. The number of benzene rings is 4. The minimum atomic E-state index is -1.14. The van der Waals surface area contributed by atoms with Crippen LogP contribution in [0.15, 0.2) is 54.6 Å². The Morgan fingerprint density at radius 2 is 1.65 bits per heavy atom. The van der Waals surface area contributed by atoms with Crippen LogP contribution < -0.4 is 30.7 Å². The number of amides is 5. The Morgan fingerprint density at radius 3 is 2.33 bits per heavy atom. The van der Waals surface area contributed by atoms with E-state index in [1.54, 1.807) is 7.05 Å². The number of primary amides is 1. The zero-order chi connectivity index (χ0) is 53.0. The number of nitrogens with zero attached hydrogens (tertiary/aromatic N) is 5. The number of fused-ring (bicyclic) bond motifs is 2. The SMILES string of the molecule is CC1CN(C2CCN(C(=O)C3CCC(NCC4(c5ccccc5)Oc5cc(F)c(Cl)c(-c6c(C(N)=O)ccc(OCCO)c6F)c5C4C)CC3)CC2)CCC1c1c(F)cc2c(N3CCC(=O)NC3=O)nn(C)c2c1F. The highest BCUT2D eigenvalue weighted by Gasteiger charge is 2.50. The molecule has 0 bridgehead atoms. The zero-order valence-electron chi connectivity index (χ0n) is 42.1. The highest BCUT2D eigenvalue weighted by atomic mass is 35.5. The second-order valence-corrected chi connectivity index (χ2v) is 21.2. The Morgan fingerprint density at radius 1 is 0.920 bits per heavy atom. The number of ether oxygens (including phenoxy) is 2. The molecule has 4 aliphatic heterocycles. The summed E-state index contributed by atoms with van der Waals surface area (Å²) in [7, 11) is 1.56. The second kappa shape index (κ2) is 21.0. The number of hydrogen-bond donors (Lipinski definition) is 4. The van der Waals surface area contributed by atoms with E-state index >= 15 is 17.6 Å². The third-order valence-corrected chi connectivity index (χ3v) is 16.9. The van der Waals surface area contributed by atoms with Gasteiger partial charge in [0.2, 0.25) is 17.7 Å². The molecule has 4 unspecified atom stereocenters. The van der Waals surface area contributed by atoms with Gasteiger partial charge in [-0.05, 0) is 87.1 Å². The molecule has 5 N–H and O–H groups in total. The van der Waals surface area contributed by atoms with Crippen molar-refractivity contribution in [3.8, 4) is 22.6 Å². The normalized spacial score (nSPS) is 24.6. The van der Waals surface area contributed by atoms with Gasteiger partial charge in [-0.3, -0.25) is 34.2 Å². The number of carbonyl (C=O) groups excluding carboxylic acids is 4. The van der Waals surface area contributed by atoms with Gasteiger partial charge in [0.1, 0.15) is 29.5 Å². The Hall–Kier alpha value is -6.28. The Labute approximate surface area is 436 Å². The van der Waals surface area contributed by atoms with Gasteiger partial charge < -0.3 is 30.5 Å². The molecule has 5 amide bonds. The first-order valence-electron chi connectivity index (χ1n) is 25.9. The number of aliphatic hydroxyl groups excluding tert-OH is 1. The number of hydrogen-bond acceptors (Lipinski definition) is 10. The number of rotatable bonds is 13. The maximum absolute atomic E-state index is 16.5. The van der Waals surface area contributed by atoms with Crippen LogP contribution in [0.1, 0.15) is 104 Å². The van der Waals surface area contributed by atoms with Gasteiger partial charge in [-0.2, -0.15) is 5.10 Å². The lowest BCUT2D eigenvalue weighted by molar-refractivity contribution is -0.138. The Balaban J connectivity index is 0.765. The number of piperidine rings is 2. The van der Waals surface area contributed by atoms with E-state index in [9.17, 15) is 24.3 Å². The minimum absolute atomic E-state index is 0.0187. The van der Waals surface area contributed by atoms with Crippen molar-refractivity contribution in [3.63, 3.8) is 0 Å².